The molecular weight excluding hydrogens is 470 g/mol. The van der Waals surface area contributed by atoms with Gasteiger partial charge in [-0.2, -0.15) is 0 Å². The number of hydrogen-bond donors (Lipinski definition) is 4. The lowest BCUT2D eigenvalue weighted by Gasteiger charge is -2.15. The standard InChI is InChI=1S/C29H41N3O5/c1-3-5-8-15-23-20-32(21-26(33)24(23)16-6-4-2)18-12-11-17-25(29(36)37)31-27(34)19-30-28(35)22-13-9-7-10-14-22/h7,9-10,13-14,20-21,25H,3-6,8,11-12,15-19H2,1-2H3,(H3-,30,31,33,34,35,36,37)/p+1. The van der Waals surface area contributed by atoms with Crippen LogP contribution in [0.4, 0.5) is 0 Å². The Balaban J connectivity index is 1.86. The van der Waals surface area contributed by atoms with Crippen molar-refractivity contribution in [3.8, 4) is 5.75 Å². The number of amides is 2. The van der Waals surface area contributed by atoms with Gasteiger partial charge in [-0.1, -0.05) is 51.3 Å². The maximum Gasteiger partial charge on any atom is 0.326 e. The van der Waals surface area contributed by atoms with Gasteiger partial charge in [-0.15, -0.1) is 0 Å². The molecule has 2 aromatic rings. The SMILES string of the molecule is CCCCCc1c[n+](CCCCC(NC(=O)CNC(=O)c2ccccc2)C(=O)O)cc(O)c1CCCC. The molecule has 0 radical (unpaired) electrons. The number of nitrogens with one attached hydrogen (secondary N) is 2. The number of rotatable bonds is 17. The molecule has 8 nitrogen and oxygen atoms in total. The molecule has 8 heteroatoms. The average Bonchev–Trinajstić information content (AvgIpc) is 2.89. The summed E-state index contributed by atoms with van der Waals surface area (Å²) >= 11 is 0. The fourth-order valence-corrected chi connectivity index (χ4v) is 4.26. The predicted octanol–water partition coefficient (Wildman–Crippen LogP) is 3.92. The zero-order valence-electron chi connectivity index (χ0n) is 22.2. The monoisotopic (exact) mass is 512 g/mol. The van der Waals surface area contributed by atoms with E-state index >= 15 is 0 Å². The van der Waals surface area contributed by atoms with Gasteiger partial charge in [0.05, 0.1) is 6.54 Å². The van der Waals surface area contributed by atoms with E-state index < -0.39 is 23.8 Å². The Hall–Kier alpha value is -3.42. The summed E-state index contributed by atoms with van der Waals surface area (Å²) < 4.78 is 1.99. The number of carboxylic acids is 1. The highest BCUT2D eigenvalue weighted by Crippen LogP contribution is 2.23. The molecule has 1 aromatic carbocycles. The highest BCUT2D eigenvalue weighted by Gasteiger charge is 2.21. The van der Waals surface area contributed by atoms with Crippen LogP contribution in [0.15, 0.2) is 42.7 Å². The van der Waals surface area contributed by atoms with Crippen LogP contribution in [0.1, 0.15) is 86.7 Å². The first-order chi connectivity index (χ1) is 17.8. The number of hydrogen-bond acceptors (Lipinski definition) is 4. The van der Waals surface area contributed by atoms with Crippen LogP contribution in [0.3, 0.4) is 0 Å². The number of carbonyl (C=O) groups is 3. The second-order valence-corrected chi connectivity index (χ2v) is 9.45. The normalized spacial score (nSPS) is 11.6. The summed E-state index contributed by atoms with van der Waals surface area (Å²) in [7, 11) is 0. The molecule has 1 aromatic heterocycles. The van der Waals surface area contributed by atoms with Crippen LogP contribution in [-0.4, -0.2) is 40.6 Å². The molecule has 1 heterocycles. The van der Waals surface area contributed by atoms with Crippen molar-refractivity contribution < 1.29 is 29.2 Å². The topological polar surface area (TPSA) is 120 Å². The second-order valence-electron chi connectivity index (χ2n) is 9.45. The number of nitrogens with zero attached hydrogens (tertiary/aromatic N) is 1. The molecule has 1 atom stereocenters. The predicted molar refractivity (Wildman–Crippen MR) is 142 cm³/mol. The van der Waals surface area contributed by atoms with E-state index in [-0.39, 0.29) is 13.0 Å². The Morgan fingerprint density at radius 2 is 1.65 bits per heavy atom. The summed E-state index contributed by atoms with van der Waals surface area (Å²) in [6.07, 6.45) is 12.8. The fraction of sp³-hybridized carbons (Fsp3) is 0.517. The molecule has 0 bridgehead atoms. The number of carboxylic acid groups (broad SMARTS) is 1. The van der Waals surface area contributed by atoms with E-state index in [0.29, 0.717) is 30.7 Å². The average molecular weight is 513 g/mol. The molecule has 2 amide bonds. The van der Waals surface area contributed by atoms with Crippen LogP contribution in [0.25, 0.3) is 0 Å². The van der Waals surface area contributed by atoms with Crippen molar-refractivity contribution in [2.75, 3.05) is 6.54 Å². The Bertz CT molecular complexity index is 1010. The van der Waals surface area contributed by atoms with E-state index in [4.69, 9.17) is 0 Å². The molecule has 0 aliphatic carbocycles. The van der Waals surface area contributed by atoms with E-state index in [9.17, 15) is 24.6 Å². The van der Waals surface area contributed by atoms with Gasteiger partial charge in [-0.05, 0) is 50.7 Å². The number of aryl methyl sites for hydroxylation is 2. The second kappa shape index (κ2) is 16.3. The van der Waals surface area contributed by atoms with Gasteiger partial charge in [0.2, 0.25) is 12.1 Å². The van der Waals surface area contributed by atoms with Crippen molar-refractivity contribution in [2.24, 2.45) is 0 Å². The quantitative estimate of drug-likeness (QED) is 0.189. The summed E-state index contributed by atoms with van der Waals surface area (Å²) in [5.74, 6) is -1.71. The van der Waals surface area contributed by atoms with E-state index in [1.165, 1.54) is 5.56 Å². The molecular formula is C29H42N3O5+. The van der Waals surface area contributed by atoms with Gasteiger partial charge in [0.25, 0.3) is 5.91 Å². The summed E-state index contributed by atoms with van der Waals surface area (Å²) in [4.78, 5) is 36.0. The van der Waals surface area contributed by atoms with E-state index in [1.54, 1.807) is 36.5 Å². The van der Waals surface area contributed by atoms with Gasteiger partial charge >= 0.3 is 5.97 Å². The number of aliphatic carboxylic acids is 1. The fourth-order valence-electron chi connectivity index (χ4n) is 4.26. The number of aromatic nitrogens is 1. The lowest BCUT2D eigenvalue weighted by Crippen LogP contribution is -2.45. The molecule has 0 aliphatic heterocycles. The first kappa shape index (κ1) is 29.8. The van der Waals surface area contributed by atoms with Crippen molar-refractivity contribution in [1.29, 1.82) is 0 Å². The molecule has 0 saturated carbocycles. The highest BCUT2D eigenvalue weighted by atomic mass is 16.4. The summed E-state index contributed by atoms with van der Waals surface area (Å²) in [5.41, 5.74) is 2.66. The van der Waals surface area contributed by atoms with Crippen molar-refractivity contribution in [3.63, 3.8) is 0 Å². The van der Waals surface area contributed by atoms with Crippen molar-refractivity contribution in [3.05, 3.63) is 59.4 Å². The van der Waals surface area contributed by atoms with Gasteiger partial charge in [0.1, 0.15) is 12.6 Å². The van der Waals surface area contributed by atoms with Gasteiger partial charge in [-0.25, -0.2) is 9.36 Å². The van der Waals surface area contributed by atoms with E-state index in [2.05, 4.69) is 30.7 Å². The molecule has 2 rings (SSSR count). The molecule has 37 heavy (non-hydrogen) atoms. The van der Waals surface area contributed by atoms with Crippen LogP contribution >= 0.6 is 0 Å². The first-order valence-electron chi connectivity index (χ1n) is 13.4. The molecule has 202 valence electrons. The minimum Gasteiger partial charge on any atom is -0.503 e. The van der Waals surface area contributed by atoms with Crippen LogP contribution < -0.4 is 15.2 Å². The van der Waals surface area contributed by atoms with Crippen molar-refractivity contribution >= 4 is 17.8 Å². The molecule has 0 aliphatic rings. The lowest BCUT2D eigenvalue weighted by molar-refractivity contribution is -0.698. The Morgan fingerprint density at radius 3 is 2.32 bits per heavy atom. The summed E-state index contributed by atoms with van der Waals surface area (Å²) in [6, 6.07) is 7.49. The number of aromatic hydroxyl groups is 1. The van der Waals surface area contributed by atoms with Crippen molar-refractivity contribution in [2.45, 2.75) is 90.6 Å². The van der Waals surface area contributed by atoms with Gasteiger partial charge in [-0.3, -0.25) is 9.59 Å². The minimum atomic E-state index is -1.11. The number of pyridine rings is 1. The lowest BCUT2D eigenvalue weighted by atomic mass is 9.98. The van der Waals surface area contributed by atoms with Gasteiger partial charge < -0.3 is 20.8 Å². The summed E-state index contributed by atoms with van der Waals surface area (Å²) in [5, 5.41) is 25.2. The zero-order chi connectivity index (χ0) is 27.0. The Labute approximate surface area is 220 Å². The van der Waals surface area contributed by atoms with Crippen LogP contribution in [0.2, 0.25) is 0 Å². The van der Waals surface area contributed by atoms with Crippen LogP contribution in [0, 0.1) is 0 Å². The first-order valence-corrected chi connectivity index (χ1v) is 13.4. The van der Waals surface area contributed by atoms with Crippen LogP contribution in [-0.2, 0) is 29.0 Å². The third-order valence-electron chi connectivity index (χ3n) is 6.37. The molecule has 1 unspecified atom stereocenters. The van der Waals surface area contributed by atoms with Crippen LogP contribution in [0.5, 0.6) is 5.75 Å². The molecule has 0 fully saturated rings. The van der Waals surface area contributed by atoms with E-state index in [0.717, 1.165) is 50.5 Å². The maximum atomic E-state index is 12.2. The molecule has 0 spiro atoms. The third kappa shape index (κ3) is 10.6. The third-order valence-corrected chi connectivity index (χ3v) is 6.37. The number of benzene rings is 1. The summed E-state index contributed by atoms with van der Waals surface area (Å²) in [6.45, 7) is 4.67. The largest absolute Gasteiger partial charge is 0.503 e. The van der Waals surface area contributed by atoms with E-state index in [1.807, 2.05) is 4.57 Å². The Morgan fingerprint density at radius 1 is 0.919 bits per heavy atom. The van der Waals surface area contributed by atoms with Crippen molar-refractivity contribution in [1.82, 2.24) is 10.6 Å². The molecule has 4 N–H and O–H groups in total. The van der Waals surface area contributed by atoms with Gasteiger partial charge in [0, 0.05) is 23.1 Å². The highest BCUT2D eigenvalue weighted by molar-refractivity contribution is 5.96. The minimum absolute atomic E-state index is 0.276. The smallest absolute Gasteiger partial charge is 0.326 e. The zero-order valence-corrected chi connectivity index (χ0v) is 22.2. The number of unbranched alkanes of at least 4 members (excludes halogenated alkanes) is 4. The maximum absolute atomic E-state index is 12.2. The Kier molecular flexibility index (Phi) is 13.2. The number of carbonyl (C=O) groups excluding carboxylic acids is 2. The molecule has 0 saturated heterocycles. The van der Waals surface area contributed by atoms with Gasteiger partial charge in [0.15, 0.2) is 11.9 Å².